The van der Waals surface area contributed by atoms with Crippen LogP contribution in [0, 0.1) is 12.7 Å². The Balaban J connectivity index is 1.19. The maximum atomic E-state index is 14.2. The normalized spacial score (nSPS) is 18.6. The molecule has 1 N–H and O–H groups in total. The van der Waals surface area contributed by atoms with Crippen LogP contribution in [0.25, 0.3) is 0 Å². The van der Waals surface area contributed by atoms with Crippen molar-refractivity contribution in [2.24, 2.45) is 0 Å². The molecule has 0 bridgehead atoms. The predicted molar refractivity (Wildman–Crippen MR) is 133 cm³/mol. The summed E-state index contributed by atoms with van der Waals surface area (Å²) in [5.74, 6) is -1.81. The minimum atomic E-state index is -1.20. The average Bonchev–Trinajstić information content (AvgIpc) is 3.29. The van der Waals surface area contributed by atoms with Crippen LogP contribution in [-0.2, 0) is 11.3 Å². The molecule has 2 fully saturated rings. The highest BCUT2D eigenvalue weighted by molar-refractivity contribution is 5.87. The lowest BCUT2D eigenvalue weighted by atomic mass is 9.98. The average molecular weight is 506 g/mol. The Hall–Kier alpha value is -3.98. The quantitative estimate of drug-likeness (QED) is 0.473. The highest BCUT2D eigenvalue weighted by atomic mass is 19.1. The third-order valence-electron chi connectivity index (χ3n) is 7.00. The fourth-order valence-corrected chi connectivity index (χ4v) is 4.98. The third kappa shape index (κ3) is 5.41. The SMILES string of the molecule is Cc1nc(Oc2ccc(C(=O)O)cc2F)ccc1CN1CCC(N2C(=O)OC[C@H]2c2ccccc2)CC1. The van der Waals surface area contributed by atoms with Crippen LogP contribution < -0.4 is 4.74 Å². The summed E-state index contributed by atoms with van der Waals surface area (Å²) in [4.78, 5) is 32.2. The van der Waals surface area contributed by atoms with Gasteiger partial charge >= 0.3 is 12.1 Å². The van der Waals surface area contributed by atoms with E-state index in [-0.39, 0.29) is 35.4 Å². The van der Waals surface area contributed by atoms with Crippen molar-refractivity contribution in [1.82, 2.24) is 14.8 Å². The van der Waals surface area contributed by atoms with E-state index >= 15 is 0 Å². The number of aromatic nitrogens is 1. The van der Waals surface area contributed by atoms with Gasteiger partial charge in [-0.3, -0.25) is 9.80 Å². The van der Waals surface area contributed by atoms with E-state index in [4.69, 9.17) is 14.6 Å². The first-order valence-corrected chi connectivity index (χ1v) is 12.3. The van der Waals surface area contributed by atoms with Crippen LogP contribution in [-0.4, -0.2) is 57.7 Å². The number of amides is 1. The number of carbonyl (C=O) groups excluding carboxylic acids is 1. The van der Waals surface area contributed by atoms with E-state index in [1.807, 2.05) is 48.2 Å². The van der Waals surface area contributed by atoms with Gasteiger partial charge in [-0.2, -0.15) is 0 Å². The largest absolute Gasteiger partial charge is 0.478 e. The first-order valence-electron chi connectivity index (χ1n) is 12.3. The van der Waals surface area contributed by atoms with Crippen molar-refractivity contribution in [3.05, 3.63) is 88.9 Å². The lowest BCUT2D eigenvalue weighted by molar-refractivity contribution is 0.0696. The molecule has 9 heteroatoms. The molecule has 1 atom stereocenters. The number of nitrogens with zero attached hydrogens (tertiary/aromatic N) is 3. The van der Waals surface area contributed by atoms with E-state index in [9.17, 15) is 14.0 Å². The van der Waals surface area contributed by atoms with E-state index in [0.29, 0.717) is 13.2 Å². The van der Waals surface area contributed by atoms with Crippen LogP contribution in [0.4, 0.5) is 9.18 Å². The van der Waals surface area contributed by atoms with Crippen LogP contribution in [0.2, 0.25) is 0 Å². The number of hydrogen-bond donors (Lipinski definition) is 1. The molecule has 2 aliphatic rings. The van der Waals surface area contributed by atoms with E-state index in [1.165, 1.54) is 12.1 Å². The zero-order valence-corrected chi connectivity index (χ0v) is 20.5. The monoisotopic (exact) mass is 505 g/mol. The Bertz CT molecular complexity index is 1290. The second kappa shape index (κ2) is 10.6. The smallest absolute Gasteiger partial charge is 0.410 e. The van der Waals surface area contributed by atoms with Gasteiger partial charge in [0.1, 0.15) is 6.61 Å². The van der Waals surface area contributed by atoms with Crippen LogP contribution in [0.3, 0.4) is 0 Å². The Morgan fingerprint density at radius 1 is 1.14 bits per heavy atom. The molecule has 8 nitrogen and oxygen atoms in total. The fourth-order valence-electron chi connectivity index (χ4n) is 4.98. The number of aromatic carboxylic acids is 1. The maximum Gasteiger partial charge on any atom is 0.410 e. The van der Waals surface area contributed by atoms with Gasteiger partial charge in [0.25, 0.3) is 0 Å². The molecule has 5 rings (SSSR count). The number of cyclic esters (lactones) is 1. The summed E-state index contributed by atoms with van der Waals surface area (Å²) in [5, 5.41) is 8.98. The molecule has 192 valence electrons. The standard InChI is InChI=1S/C28H28FN3O5/c1-18-21(8-10-26(30-18)37-25-9-7-20(27(33)34)15-23(25)29)16-31-13-11-22(12-14-31)32-24(17-36-28(32)35)19-5-3-2-4-6-19/h2-10,15,22,24H,11-14,16-17H2,1H3,(H,33,34)/t24-/m0/s1. The van der Waals surface area contributed by atoms with E-state index < -0.39 is 11.8 Å². The molecule has 0 saturated carbocycles. The number of aryl methyl sites for hydroxylation is 1. The van der Waals surface area contributed by atoms with Crippen LogP contribution >= 0.6 is 0 Å². The molecule has 3 aromatic rings. The summed E-state index contributed by atoms with van der Waals surface area (Å²) in [6.45, 7) is 4.66. The zero-order chi connectivity index (χ0) is 25.9. The first-order chi connectivity index (χ1) is 17.9. The van der Waals surface area contributed by atoms with Crippen LogP contribution in [0.1, 0.15) is 46.1 Å². The number of ether oxygens (including phenoxy) is 2. The second-order valence-corrected chi connectivity index (χ2v) is 9.36. The molecule has 2 aliphatic heterocycles. The van der Waals surface area contributed by atoms with Gasteiger partial charge in [-0.25, -0.2) is 19.0 Å². The Labute approximate surface area is 214 Å². The van der Waals surface area contributed by atoms with Gasteiger partial charge in [0.05, 0.1) is 11.6 Å². The predicted octanol–water partition coefficient (Wildman–Crippen LogP) is 5.18. The number of carboxylic acid groups (broad SMARTS) is 1. The van der Waals surface area contributed by atoms with Crippen molar-refractivity contribution < 1.29 is 28.6 Å². The van der Waals surface area contributed by atoms with Gasteiger partial charge in [0, 0.05) is 37.4 Å². The molecule has 0 unspecified atom stereocenters. The van der Waals surface area contributed by atoms with Crippen molar-refractivity contribution in [2.75, 3.05) is 19.7 Å². The summed E-state index contributed by atoms with van der Waals surface area (Å²) in [6.07, 6.45) is 1.48. The maximum absolute atomic E-state index is 14.2. The lowest BCUT2D eigenvalue weighted by Gasteiger charge is -2.38. The number of carbonyl (C=O) groups is 2. The molecule has 0 spiro atoms. The van der Waals surface area contributed by atoms with Crippen LogP contribution in [0.5, 0.6) is 11.6 Å². The van der Waals surface area contributed by atoms with Gasteiger partial charge in [0.2, 0.25) is 5.88 Å². The third-order valence-corrected chi connectivity index (χ3v) is 7.00. The van der Waals surface area contributed by atoms with Crippen molar-refractivity contribution in [3.63, 3.8) is 0 Å². The molecule has 2 saturated heterocycles. The van der Waals surface area contributed by atoms with Gasteiger partial charge in [-0.05, 0) is 49.1 Å². The molecule has 1 aromatic heterocycles. The number of benzene rings is 2. The molecule has 3 heterocycles. The molecule has 0 aliphatic carbocycles. The Kier molecular flexibility index (Phi) is 7.05. The highest BCUT2D eigenvalue weighted by Gasteiger charge is 2.40. The Morgan fingerprint density at radius 2 is 1.89 bits per heavy atom. The van der Waals surface area contributed by atoms with Gasteiger partial charge in [0.15, 0.2) is 11.6 Å². The summed E-state index contributed by atoms with van der Waals surface area (Å²) in [5.41, 5.74) is 2.76. The van der Waals surface area contributed by atoms with E-state index in [0.717, 1.165) is 48.8 Å². The summed E-state index contributed by atoms with van der Waals surface area (Å²) in [7, 11) is 0. The minimum Gasteiger partial charge on any atom is -0.478 e. The molecule has 2 aromatic carbocycles. The second-order valence-electron chi connectivity index (χ2n) is 9.36. The molecular formula is C28H28FN3O5. The number of pyridine rings is 1. The molecule has 1 amide bonds. The van der Waals surface area contributed by atoms with Gasteiger partial charge < -0.3 is 14.6 Å². The van der Waals surface area contributed by atoms with Crippen molar-refractivity contribution in [3.8, 4) is 11.6 Å². The number of likely N-dealkylation sites (tertiary alicyclic amines) is 1. The summed E-state index contributed by atoms with van der Waals surface area (Å²) >= 11 is 0. The fraction of sp³-hybridized carbons (Fsp3) is 0.321. The molecule has 0 radical (unpaired) electrons. The molecular weight excluding hydrogens is 477 g/mol. The van der Waals surface area contributed by atoms with Crippen molar-refractivity contribution >= 4 is 12.1 Å². The van der Waals surface area contributed by atoms with Crippen LogP contribution in [0.15, 0.2) is 60.7 Å². The zero-order valence-electron chi connectivity index (χ0n) is 20.5. The number of carboxylic acids is 1. The molecule has 37 heavy (non-hydrogen) atoms. The van der Waals surface area contributed by atoms with Crippen molar-refractivity contribution in [2.45, 2.75) is 38.4 Å². The minimum absolute atomic E-state index is 0.0468. The number of hydrogen-bond acceptors (Lipinski definition) is 6. The highest BCUT2D eigenvalue weighted by Crippen LogP contribution is 2.33. The van der Waals surface area contributed by atoms with E-state index in [2.05, 4.69) is 9.88 Å². The Morgan fingerprint density at radius 3 is 2.57 bits per heavy atom. The van der Waals surface area contributed by atoms with E-state index in [1.54, 1.807) is 6.07 Å². The lowest BCUT2D eigenvalue weighted by Crippen LogP contribution is -2.46. The topological polar surface area (TPSA) is 92.2 Å². The summed E-state index contributed by atoms with van der Waals surface area (Å²) < 4.78 is 25.2. The number of halogens is 1. The number of rotatable bonds is 7. The number of piperidine rings is 1. The van der Waals surface area contributed by atoms with Gasteiger partial charge in [-0.15, -0.1) is 0 Å². The first kappa shape index (κ1) is 24.7. The van der Waals surface area contributed by atoms with Crippen molar-refractivity contribution in [1.29, 1.82) is 0 Å². The summed E-state index contributed by atoms with van der Waals surface area (Å²) in [6, 6.07) is 17.2. The van der Waals surface area contributed by atoms with Gasteiger partial charge in [-0.1, -0.05) is 36.4 Å².